The van der Waals surface area contributed by atoms with E-state index in [2.05, 4.69) is 17.2 Å². The van der Waals surface area contributed by atoms with Crippen molar-refractivity contribution in [1.29, 1.82) is 0 Å². The second-order valence-electron chi connectivity index (χ2n) is 11.3. The molecule has 10 heteroatoms. The number of likely N-dealkylation sites (tertiary alicyclic amines) is 2. The van der Waals surface area contributed by atoms with E-state index in [1.807, 2.05) is 32.0 Å². The number of nitrogens with one attached hydrogen (secondary N) is 1. The molecule has 0 spiro atoms. The Morgan fingerprint density at radius 3 is 2.55 bits per heavy atom. The van der Waals surface area contributed by atoms with E-state index >= 15 is 0 Å². The zero-order valence-electron chi connectivity index (χ0n) is 22.7. The maximum absolute atomic E-state index is 13.5. The highest BCUT2D eigenvalue weighted by atomic mass is 19.3. The van der Waals surface area contributed by atoms with E-state index in [0.717, 1.165) is 36.1 Å². The number of urea groups is 1. The first-order valence-electron chi connectivity index (χ1n) is 13.8. The average Bonchev–Trinajstić information content (AvgIpc) is 3.27. The number of carbonyl (C=O) groups excluding carboxylic acids is 2. The van der Waals surface area contributed by atoms with Gasteiger partial charge in [-0.15, -0.1) is 0 Å². The van der Waals surface area contributed by atoms with Gasteiger partial charge in [0.1, 0.15) is 11.6 Å². The van der Waals surface area contributed by atoms with Gasteiger partial charge in [-0.25, -0.2) is 13.6 Å². The number of fused-ring (bicyclic) bond motifs is 1. The standard InChI is InChI=1S/C28H41F2N5O3/c1-18(2)25(31)33-27(37)34-10-6-20(7-11-34)19(3)8-13-38-23-5-4-21-15-24(32-16-22(21)14-23)26(36)35-12-9-28(29,30)17-35/h4-5,14,18-20,24,32H,6-13,15-17H2,1-3H3,(H2,31,33,37)/t19-,24+/m1/s1. The summed E-state index contributed by atoms with van der Waals surface area (Å²) in [5.41, 5.74) is 7.96. The average molecular weight is 534 g/mol. The maximum Gasteiger partial charge on any atom is 0.345 e. The van der Waals surface area contributed by atoms with Crippen LogP contribution in [-0.4, -0.2) is 72.3 Å². The number of nitrogens with two attached hydrogens (primary N) is 1. The number of piperidine rings is 1. The van der Waals surface area contributed by atoms with Gasteiger partial charge in [0, 0.05) is 38.5 Å². The van der Waals surface area contributed by atoms with Crippen LogP contribution >= 0.6 is 0 Å². The van der Waals surface area contributed by atoms with E-state index in [9.17, 15) is 18.4 Å². The van der Waals surface area contributed by atoms with E-state index in [1.165, 1.54) is 4.90 Å². The highest BCUT2D eigenvalue weighted by molar-refractivity contribution is 5.93. The van der Waals surface area contributed by atoms with Crippen LogP contribution in [0.1, 0.15) is 57.6 Å². The fraction of sp³-hybridized carbons (Fsp3) is 0.679. The lowest BCUT2D eigenvalue weighted by Gasteiger charge is -2.34. The third-order valence-corrected chi connectivity index (χ3v) is 8.19. The fourth-order valence-corrected chi connectivity index (χ4v) is 5.47. The number of hydrogen-bond donors (Lipinski definition) is 2. The summed E-state index contributed by atoms with van der Waals surface area (Å²) >= 11 is 0. The molecule has 3 amide bonds. The van der Waals surface area contributed by atoms with Crippen LogP contribution in [0, 0.1) is 17.8 Å². The summed E-state index contributed by atoms with van der Waals surface area (Å²) in [5, 5.41) is 3.22. The topological polar surface area (TPSA) is 100 Å². The van der Waals surface area contributed by atoms with Gasteiger partial charge >= 0.3 is 6.03 Å². The normalized spacial score (nSPS) is 22.9. The van der Waals surface area contributed by atoms with Crippen LogP contribution < -0.4 is 15.8 Å². The number of benzene rings is 1. The van der Waals surface area contributed by atoms with Crippen molar-refractivity contribution < 1.29 is 23.1 Å². The van der Waals surface area contributed by atoms with Gasteiger partial charge in [-0.2, -0.15) is 4.99 Å². The van der Waals surface area contributed by atoms with Gasteiger partial charge in [0.05, 0.1) is 19.2 Å². The molecule has 3 aliphatic heterocycles. The lowest BCUT2D eigenvalue weighted by atomic mass is 9.84. The van der Waals surface area contributed by atoms with E-state index in [4.69, 9.17) is 10.5 Å². The van der Waals surface area contributed by atoms with Crippen LogP contribution in [0.15, 0.2) is 23.2 Å². The number of hydrogen-bond acceptors (Lipinski definition) is 4. The molecule has 3 heterocycles. The van der Waals surface area contributed by atoms with Gasteiger partial charge < -0.3 is 25.6 Å². The zero-order chi connectivity index (χ0) is 27.4. The quantitative estimate of drug-likeness (QED) is 0.410. The number of alkyl halides is 2. The van der Waals surface area contributed by atoms with Crippen molar-refractivity contribution in [2.24, 2.45) is 28.5 Å². The Kier molecular flexibility index (Phi) is 8.90. The molecule has 0 aliphatic carbocycles. The Bertz CT molecular complexity index is 1040. The molecular formula is C28H41F2N5O3. The van der Waals surface area contributed by atoms with Crippen LogP contribution in [-0.2, 0) is 17.8 Å². The first-order chi connectivity index (χ1) is 18.0. The third-order valence-electron chi connectivity index (χ3n) is 8.19. The summed E-state index contributed by atoms with van der Waals surface area (Å²) in [6, 6.07) is 5.21. The smallest absolute Gasteiger partial charge is 0.345 e. The molecule has 1 aromatic carbocycles. The van der Waals surface area contributed by atoms with Crippen molar-refractivity contribution in [2.45, 2.75) is 71.4 Å². The summed E-state index contributed by atoms with van der Waals surface area (Å²) in [5.74, 6) is -0.787. The van der Waals surface area contributed by atoms with E-state index in [1.54, 1.807) is 4.90 Å². The molecule has 0 aromatic heterocycles. The molecule has 0 bridgehead atoms. The molecule has 0 unspecified atom stereocenters. The number of ether oxygens (including phenoxy) is 1. The Morgan fingerprint density at radius 1 is 1.16 bits per heavy atom. The van der Waals surface area contributed by atoms with E-state index in [0.29, 0.717) is 50.3 Å². The van der Waals surface area contributed by atoms with Gasteiger partial charge in [-0.05, 0) is 60.8 Å². The lowest BCUT2D eigenvalue weighted by Crippen LogP contribution is -2.49. The number of amidine groups is 1. The molecule has 3 aliphatic rings. The van der Waals surface area contributed by atoms with Crippen molar-refractivity contribution in [2.75, 3.05) is 32.8 Å². The largest absolute Gasteiger partial charge is 0.494 e. The molecule has 8 nitrogen and oxygen atoms in total. The summed E-state index contributed by atoms with van der Waals surface area (Å²) in [7, 11) is 0. The van der Waals surface area contributed by atoms with E-state index in [-0.39, 0.29) is 30.8 Å². The maximum atomic E-state index is 13.5. The fourth-order valence-electron chi connectivity index (χ4n) is 5.47. The second kappa shape index (κ2) is 12.0. The first kappa shape index (κ1) is 28.3. The monoisotopic (exact) mass is 533 g/mol. The molecule has 2 atom stereocenters. The number of rotatable bonds is 7. The van der Waals surface area contributed by atoms with Crippen LogP contribution in [0.3, 0.4) is 0 Å². The number of halogens is 2. The van der Waals surface area contributed by atoms with E-state index < -0.39 is 18.5 Å². The van der Waals surface area contributed by atoms with Crippen LogP contribution in [0.4, 0.5) is 13.6 Å². The van der Waals surface area contributed by atoms with Crippen LogP contribution in [0.2, 0.25) is 0 Å². The van der Waals surface area contributed by atoms with Crippen molar-refractivity contribution >= 4 is 17.8 Å². The molecule has 0 saturated carbocycles. The summed E-state index contributed by atoms with van der Waals surface area (Å²) in [6.07, 6.45) is 3.05. The zero-order valence-corrected chi connectivity index (χ0v) is 22.7. The van der Waals surface area contributed by atoms with Gasteiger partial charge in [0.25, 0.3) is 5.92 Å². The number of nitrogens with zero attached hydrogens (tertiary/aromatic N) is 3. The Hall–Kier alpha value is -2.75. The van der Waals surface area contributed by atoms with Crippen LogP contribution in [0.5, 0.6) is 5.75 Å². The first-order valence-corrected chi connectivity index (χ1v) is 13.8. The van der Waals surface area contributed by atoms with Crippen molar-refractivity contribution in [3.63, 3.8) is 0 Å². The Labute approximate surface area is 224 Å². The van der Waals surface area contributed by atoms with Crippen molar-refractivity contribution in [1.82, 2.24) is 15.1 Å². The number of aliphatic imine (C=N–C) groups is 1. The Balaban J connectivity index is 1.20. The van der Waals surface area contributed by atoms with Gasteiger partial charge in [0.2, 0.25) is 5.91 Å². The predicted molar refractivity (Wildman–Crippen MR) is 142 cm³/mol. The third kappa shape index (κ3) is 7.01. The number of carbonyl (C=O) groups is 2. The molecular weight excluding hydrogens is 492 g/mol. The van der Waals surface area contributed by atoms with Gasteiger partial charge in [-0.1, -0.05) is 26.8 Å². The summed E-state index contributed by atoms with van der Waals surface area (Å²) in [4.78, 5) is 32.1. The Morgan fingerprint density at radius 2 is 1.89 bits per heavy atom. The summed E-state index contributed by atoms with van der Waals surface area (Å²) in [6.45, 7) is 8.22. The molecule has 0 radical (unpaired) electrons. The lowest BCUT2D eigenvalue weighted by molar-refractivity contribution is -0.134. The minimum absolute atomic E-state index is 0.0575. The van der Waals surface area contributed by atoms with Gasteiger partial charge in [0.15, 0.2) is 0 Å². The molecule has 2 fully saturated rings. The van der Waals surface area contributed by atoms with Gasteiger partial charge in [-0.3, -0.25) is 4.79 Å². The second-order valence-corrected chi connectivity index (χ2v) is 11.3. The molecule has 1 aromatic rings. The molecule has 210 valence electrons. The highest BCUT2D eigenvalue weighted by Crippen LogP contribution is 2.30. The minimum atomic E-state index is -2.78. The van der Waals surface area contributed by atoms with Crippen molar-refractivity contribution in [3.05, 3.63) is 29.3 Å². The number of amides is 3. The SMILES string of the molecule is CC(C)C(N)=NC(=O)N1CCC([C@H](C)CCOc2ccc3c(c2)CN[C@H](C(=O)N2CCC(F)(F)C2)C3)CC1. The van der Waals surface area contributed by atoms with Crippen molar-refractivity contribution in [3.8, 4) is 5.75 Å². The molecule has 3 N–H and O–H groups in total. The van der Waals surface area contributed by atoms with Crippen LogP contribution in [0.25, 0.3) is 0 Å². The predicted octanol–water partition coefficient (Wildman–Crippen LogP) is 3.82. The molecule has 38 heavy (non-hydrogen) atoms. The highest BCUT2D eigenvalue weighted by Gasteiger charge is 2.42. The molecule has 2 saturated heterocycles. The summed E-state index contributed by atoms with van der Waals surface area (Å²) < 4.78 is 33.1. The minimum Gasteiger partial charge on any atom is -0.494 e. The molecule has 4 rings (SSSR count).